The van der Waals surface area contributed by atoms with Gasteiger partial charge in [0.05, 0.1) is 6.04 Å². The minimum atomic E-state index is -0.0877. The Morgan fingerprint density at radius 3 is 3.00 bits per heavy atom. The fraction of sp³-hybridized carbons (Fsp3) is 0.688. The van der Waals surface area contributed by atoms with Crippen molar-refractivity contribution in [3.05, 3.63) is 29.9 Å². The number of nitrogens with zero attached hydrogens (tertiary/aromatic N) is 4. The molecule has 3 heterocycles. The Hall–Kier alpha value is -1.69. The molecule has 0 aromatic carbocycles. The Balaban J connectivity index is 1.62. The Morgan fingerprint density at radius 1 is 1.45 bits per heavy atom. The van der Waals surface area contributed by atoms with Crippen molar-refractivity contribution in [2.75, 3.05) is 6.54 Å². The fourth-order valence-corrected chi connectivity index (χ4v) is 2.82. The van der Waals surface area contributed by atoms with Gasteiger partial charge in [0, 0.05) is 36.8 Å². The molecule has 1 aliphatic heterocycles. The highest BCUT2D eigenvalue weighted by molar-refractivity contribution is 5.05. The predicted molar refractivity (Wildman–Crippen MR) is 83.6 cm³/mol. The number of hydrogen-bond acceptors (Lipinski definition) is 5. The van der Waals surface area contributed by atoms with Crippen LogP contribution in [-0.4, -0.2) is 26.2 Å². The van der Waals surface area contributed by atoms with Gasteiger partial charge in [-0.1, -0.05) is 25.9 Å². The Bertz CT molecular complexity index is 625. The van der Waals surface area contributed by atoms with Crippen molar-refractivity contribution in [3.8, 4) is 0 Å². The van der Waals surface area contributed by atoms with Crippen molar-refractivity contribution < 1.29 is 4.52 Å². The number of hydrogen-bond donors (Lipinski definition) is 1. The highest BCUT2D eigenvalue weighted by atomic mass is 16.5. The van der Waals surface area contributed by atoms with E-state index in [9.17, 15) is 0 Å². The zero-order valence-electron chi connectivity index (χ0n) is 13.8. The molecule has 3 rings (SSSR count). The molecule has 22 heavy (non-hydrogen) atoms. The molecule has 0 bridgehead atoms. The van der Waals surface area contributed by atoms with E-state index in [0.717, 1.165) is 18.9 Å². The van der Waals surface area contributed by atoms with Crippen molar-refractivity contribution in [3.63, 3.8) is 0 Å². The summed E-state index contributed by atoms with van der Waals surface area (Å²) in [5.74, 6) is 3.05. The smallest absolute Gasteiger partial charge is 0.243 e. The second-order valence-electron chi connectivity index (χ2n) is 7.15. The third-order valence-corrected chi connectivity index (χ3v) is 4.22. The van der Waals surface area contributed by atoms with E-state index < -0.39 is 0 Å². The molecule has 2 aromatic heterocycles. The summed E-state index contributed by atoms with van der Waals surface area (Å²) in [5, 5.41) is 7.60. The molecule has 0 unspecified atom stereocenters. The van der Waals surface area contributed by atoms with E-state index in [2.05, 4.69) is 58.9 Å². The molecule has 6 nitrogen and oxygen atoms in total. The summed E-state index contributed by atoms with van der Waals surface area (Å²) >= 11 is 0. The summed E-state index contributed by atoms with van der Waals surface area (Å²) in [6.45, 7) is 10.3. The summed E-state index contributed by atoms with van der Waals surface area (Å²) in [6.07, 6.45) is 6.34. The lowest BCUT2D eigenvalue weighted by atomic mass is 9.96. The van der Waals surface area contributed by atoms with Gasteiger partial charge < -0.3 is 14.4 Å². The topological polar surface area (TPSA) is 68.8 Å². The first-order valence-electron chi connectivity index (χ1n) is 8.03. The number of aromatic nitrogens is 4. The SMILES string of the molecule is C[C@@H](NC[C@@H]1CCCn2ccnc21)c1nc(C(C)(C)C)no1. The molecule has 0 saturated heterocycles. The molecule has 2 aromatic rings. The molecule has 1 N–H and O–H groups in total. The third kappa shape index (κ3) is 3.06. The predicted octanol–water partition coefficient (Wildman–Crippen LogP) is 2.79. The van der Waals surface area contributed by atoms with Crippen molar-refractivity contribution in [2.24, 2.45) is 0 Å². The molecule has 120 valence electrons. The van der Waals surface area contributed by atoms with Gasteiger partial charge in [0.25, 0.3) is 0 Å². The van der Waals surface area contributed by atoms with Crippen LogP contribution in [0.3, 0.4) is 0 Å². The summed E-state index contributed by atoms with van der Waals surface area (Å²) in [6, 6.07) is 0.0499. The molecule has 0 spiro atoms. The minimum absolute atomic E-state index is 0.0499. The van der Waals surface area contributed by atoms with Gasteiger partial charge in [-0.25, -0.2) is 4.98 Å². The van der Waals surface area contributed by atoms with Crippen molar-refractivity contribution >= 4 is 0 Å². The second-order valence-corrected chi connectivity index (χ2v) is 7.15. The molecule has 1 aliphatic rings. The average Bonchev–Trinajstić information content (AvgIpc) is 3.12. The normalized spacial score (nSPS) is 19.9. The van der Waals surface area contributed by atoms with E-state index in [4.69, 9.17) is 4.52 Å². The molecule has 2 atom stereocenters. The molecule has 0 radical (unpaired) electrons. The van der Waals surface area contributed by atoms with Crippen LogP contribution in [0.5, 0.6) is 0 Å². The van der Waals surface area contributed by atoms with E-state index in [1.807, 2.05) is 6.20 Å². The van der Waals surface area contributed by atoms with E-state index in [1.165, 1.54) is 18.7 Å². The summed E-state index contributed by atoms with van der Waals surface area (Å²) in [5.41, 5.74) is -0.0877. The lowest BCUT2D eigenvalue weighted by Gasteiger charge is -2.24. The monoisotopic (exact) mass is 303 g/mol. The Morgan fingerprint density at radius 2 is 2.27 bits per heavy atom. The highest BCUT2D eigenvalue weighted by Crippen LogP contribution is 2.26. The van der Waals surface area contributed by atoms with Gasteiger partial charge in [-0.2, -0.15) is 4.98 Å². The number of imidazole rings is 1. The van der Waals surface area contributed by atoms with Gasteiger partial charge in [-0.3, -0.25) is 0 Å². The number of nitrogens with one attached hydrogen (secondary N) is 1. The Labute approximate surface area is 131 Å². The highest BCUT2D eigenvalue weighted by Gasteiger charge is 2.25. The lowest BCUT2D eigenvalue weighted by molar-refractivity contribution is 0.322. The summed E-state index contributed by atoms with van der Waals surface area (Å²) in [4.78, 5) is 9.02. The quantitative estimate of drug-likeness (QED) is 0.940. The summed E-state index contributed by atoms with van der Waals surface area (Å²) in [7, 11) is 0. The van der Waals surface area contributed by atoms with Gasteiger partial charge >= 0.3 is 0 Å². The van der Waals surface area contributed by atoms with Crippen LogP contribution in [0.2, 0.25) is 0 Å². The maximum atomic E-state index is 5.40. The third-order valence-electron chi connectivity index (χ3n) is 4.22. The van der Waals surface area contributed by atoms with Gasteiger partial charge in [-0.15, -0.1) is 0 Å². The van der Waals surface area contributed by atoms with E-state index in [-0.39, 0.29) is 11.5 Å². The molecular formula is C16H25N5O. The standard InChI is InChI=1S/C16H25N5O/c1-11(14-19-15(20-22-14)16(2,3)4)18-10-12-6-5-8-21-9-7-17-13(12)21/h7,9,11-12,18H,5-6,8,10H2,1-4H3/t11-,12+/m1/s1. The zero-order valence-corrected chi connectivity index (χ0v) is 13.8. The lowest BCUT2D eigenvalue weighted by Crippen LogP contribution is -2.29. The van der Waals surface area contributed by atoms with Gasteiger partial charge in [0.15, 0.2) is 5.82 Å². The number of rotatable bonds is 4. The maximum absolute atomic E-state index is 5.40. The first-order chi connectivity index (χ1) is 10.4. The van der Waals surface area contributed by atoms with Crippen LogP contribution in [0, 0.1) is 0 Å². The fourth-order valence-electron chi connectivity index (χ4n) is 2.82. The van der Waals surface area contributed by atoms with Crippen LogP contribution in [0.1, 0.15) is 70.0 Å². The zero-order chi connectivity index (χ0) is 15.7. The van der Waals surface area contributed by atoms with Gasteiger partial charge in [0.1, 0.15) is 5.82 Å². The Kier molecular flexibility index (Phi) is 4.04. The first-order valence-corrected chi connectivity index (χ1v) is 8.03. The molecule has 0 amide bonds. The molecule has 6 heteroatoms. The van der Waals surface area contributed by atoms with Gasteiger partial charge in [0.2, 0.25) is 5.89 Å². The maximum Gasteiger partial charge on any atom is 0.243 e. The number of aryl methyl sites for hydroxylation is 1. The average molecular weight is 303 g/mol. The van der Waals surface area contributed by atoms with E-state index in [0.29, 0.717) is 11.8 Å². The van der Waals surface area contributed by atoms with Crippen molar-refractivity contribution in [1.29, 1.82) is 0 Å². The van der Waals surface area contributed by atoms with Crippen molar-refractivity contribution in [1.82, 2.24) is 25.0 Å². The molecule has 0 aliphatic carbocycles. The summed E-state index contributed by atoms with van der Waals surface area (Å²) < 4.78 is 7.66. The van der Waals surface area contributed by atoms with Crippen LogP contribution in [-0.2, 0) is 12.0 Å². The van der Waals surface area contributed by atoms with Crippen LogP contribution in [0.15, 0.2) is 16.9 Å². The van der Waals surface area contributed by atoms with Gasteiger partial charge in [-0.05, 0) is 19.8 Å². The minimum Gasteiger partial charge on any atom is -0.338 e. The van der Waals surface area contributed by atoms with Crippen LogP contribution >= 0.6 is 0 Å². The van der Waals surface area contributed by atoms with Crippen LogP contribution in [0.25, 0.3) is 0 Å². The second kappa shape index (κ2) is 5.83. The molecular weight excluding hydrogens is 278 g/mol. The van der Waals surface area contributed by atoms with E-state index in [1.54, 1.807) is 0 Å². The number of fused-ring (bicyclic) bond motifs is 1. The molecule has 0 saturated carbocycles. The van der Waals surface area contributed by atoms with Crippen LogP contribution < -0.4 is 5.32 Å². The van der Waals surface area contributed by atoms with E-state index >= 15 is 0 Å². The van der Waals surface area contributed by atoms with Crippen LogP contribution in [0.4, 0.5) is 0 Å². The first kappa shape index (κ1) is 15.2. The van der Waals surface area contributed by atoms with Crippen molar-refractivity contribution in [2.45, 2.75) is 64.5 Å². The largest absolute Gasteiger partial charge is 0.338 e. The molecule has 0 fully saturated rings.